The Morgan fingerprint density at radius 2 is 2.03 bits per heavy atom. The van der Waals surface area contributed by atoms with Crippen LogP contribution < -0.4 is 20.7 Å². The molecule has 0 saturated heterocycles. The van der Waals surface area contributed by atoms with Crippen molar-refractivity contribution in [1.29, 1.82) is 0 Å². The average Bonchev–Trinajstić information content (AvgIpc) is 3.11. The van der Waals surface area contributed by atoms with E-state index in [-0.39, 0.29) is 12.5 Å². The van der Waals surface area contributed by atoms with Crippen molar-refractivity contribution in [3.63, 3.8) is 0 Å². The molecular formula is C23H25N3O5. The number of ether oxygens (including phenoxy) is 2. The third-order valence-corrected chi connectivity index (χ3v) is 5.75. The summed E-state index contributed by atoms with van der Waals surface area (Å²) in [7, 11) is 1.56. The number of methoxy groups -OCH3 is 1. The molecule has 0 spiro atoms. The van der Waals surface area contributed by atoms with Crippen molar-refractivity contribution in [3.05, 3.63) is 59.3 Å². The Balaban J connectivity index is 1.96. The van der Waals surface area contributed by atoms with Gasteiger partial charge < -0.3 is 19.8 Å². The molecule has 0 saturated carbocycles. The summed E-state index contributed by atoms with van der Waals surface area (Å²) in [6.07, 6.45) is 2.32. The topological polar surface area (TPSA) is 116 Å². The Kier molecular flexibility index (Phi) is 5.81. The molecule has 1 aliphatic carbocycles. The lowest BCUT2D eigenvalue weighted by molar-refractivity contribution is -0.131. The molecule has 2 amide bonds. The van der Waals surface area contributed by atoms with Crippen LogP contribution in [0.2, 0.25) is 0 Å². The van der Waals surface area contributed by atoms with Crippen LogP contribution in [-0.4, -0.2) is 35.3 Å². The summed E-state index contributed by atoms with van der Waals surface area (Å²) >= 11 is 0. The second-order valence-corrected chi connectivity index (χ2v) is 7.62. The predicted octanol–water partition coefficient (Wildman–Crippen LogP) is 2.49. The van der Waals surface area contributed by atoms with Crippen LogP contribution in [0.3, 0.4) is 0 Å². The van der Waals surface area contributed by atoms with Gasteiger partial charge >= 0.3 is 0 Å². The Hall–Kier alpha value is -3.52. The third-order valence-electron chi connectivity index (χ3n) is 5.75. The van der Waals surface area contributed by atoms with Crippen LogP contribution in [-0.2, 0) is 22.6 Å². The van der Waals surface area contributed by atoms with E-state index in [2.05, 4.69) is 16.7 Å². The summed E-state index contributed by atoms with van der Waals surface area (Å²) in [6, 6.07) is 13.6. The van der Waals surface area contributed by atoms with Crippen LogP contribution in [0.1, 0.15) is 35.6 Å². The molecule has 4 N–H and O–H groups in total. The van der Waals surface area contributed by atoms with E-state index in [9.17, 15) is 9.59 Å². The van der Waals surface area contributed by atoms with E-state index in [1.54, 1.807) is 18.7 Å². The summed E-state index contributed by atoms with van der Waals surface area (Å²) < 4.78 is 13.4. The molecule has 1 atom stereocenters. The van der Waals surface area contributed by atoms with Crippen LogP contribution in [0, 0.1) is 0 Å². The van der Waals surface area contributed by atoms with Gasteiger partial charge in [0.25, 0.3) is 5.91 Å². The predicted molar refractivity (Wildman–Crippen MR) is 114 cm³/mol. The molecule has 2 aromatic carbocycles. The van der Waals surface area contributed by atoms with E-state index in [1.807, 2.05) is 24.3 Å². The quantitative estimate of drug-likeness (QED) is 0.399. The number of fused-ring (bicyclic) bond motifs is 3. The fraction of sp³-hybridized carbons (Fsp3) is 0.304. The smallest absolute Gasteiger partial charge is 0.281 e. The maximum atomic E-state index is 12.3. The number of primary amides is 1. The molecule has 0 bridgehead atoms. The molecule has 1 heterocycles. The van der Waals surface area contributed by atoms with E-state index < -0.39 is 11.8 Å². The number of carbonyl (C=O) groups excluding carboxylic acids is 2. The average molecular weight is 423 g/mol. The maximum absolute atomic E-state index is 12.3. The Morgan fingerprint density at radius 3 is 2.71 bits per heavy atom. The summed E-state index contributed by atoms with van der Waals surface area (Å²) in [4.78, 5) is 23.9. The molecule has 1 unspecified atom stereocenters. The largest absolute Gasteiger partial charge is 0.497 e. The van der Waals surface area contributed by atoms with Gasteiger partial charge in [0.1, 0.15) is 11.5 Å². The van der Waals surface area contributed by atoms with E-state index >= 15 is 0 Å². The van der Waals surface area contributed by atoms with E-state index in [0.717, 1.165) is 40.6 Å². The van der Waals surface area contributed by atoms with Gasteiger partial charge in [0.05, 0.1) is 18.5 Å². The summed E-state index contributed by atoms with van der Waals surface area (Å²) in [5, 5.41) is 9.58. The number of amides is 2. The minimum absolute atomic E-state index is 0.376. The number of rotatable bonds is 7. The molecular weight excluding hydrogens is 398 g/mol. The number of hydroxylamine groups is 1. The molecule has 0 fully saturated rings. The molecule has 3 aromatic rings. The van der Waals surface area contributed by atoms with Gasteiger partial charge in [0, 0.05) is 29.8 Å². The van der Waals surface area contributed by atoms with Crippen LogP contribution >= 0.6 is 0 Å². The lowest BCUT2D eigenvalue weighted by Gasteiger charge is -2.22. The van der Waals surface area contributed by atoms with Gasteiger partial charge in [0.2, 0.25) is 5.91 Å². The fourth-order valence-electron chi connectivity index (χ4n) is 4.40. The summed E-state index contributed by atoms with van der Waals surface area (Å²) in [5.74, 6) is -0.527. The zero-order valence-corrected chi connectivity index (χ0v) is 17.3. The van der Waals surface area contributed by atoms with E-state index in [4.69, 9.17) is 20.4 Å². The van der Waals surface area contributed by atoms with Crippen LogP contribution in [0.5, 0.6) is 11.5 Å². The maximum Gasteiger partial charge on any atom is 0.281 e. The van der Waals surface area contributed by atoms with Gasteiger partial charge in [-0.15, -0.1) is 0 Å². The molecule has 8 nitrogen and oxygen atoms in total. The highest BCUT2D eigenvalue weighted by Crippen LogP contribution is 2.45. The zero-order valence-electron chi connectivity index (χ0n) is 17.3. The number of benzene rings is 2. The van der Waals surface area contributed by atoms with Gasteiger partial charge in [0.15, 0.2) is 6.61 Å². The van der Waals surface area contributed by atoms with Crippen LogP contribution in [0.25, 0.3) is 10.9 Å². The fourth-order valence-corrected chi connectivity index (χ4v) is 4.40. The SMILES string of the molecule is COc1cc(OCC(=O)NO)c2c3c(n(Cc4ccccc4)c2c1)CCCC3C(N)=O. The Morgan fingerprint density at radius 1 is 1.26 bits per heavy atom. The van der Waals surface area contributed by atoms with Crippen molar-refractivity contribution in [3.8, 4) is 11.5 Å². The van der Waals surface area contributed by atoms with Crippen molar-refractivity contribution in [2.75, 3.05) is 13.7 Å². The second kappa shape index (κ2) is 8.69. The Bertz CT molecular complexity index is 1120. The lowest BCUT2D eigenvalue weighted by atomic mass is 9.84. The number of nitrogens with zero attached hydrogens (tertiary/aromatic N) is 1. The second-order valence-electron chi connectivity index (χ2n) is 7.62. The van der Waals surface area contributed by atoms with Crippen molar-refractivity contribution >= 4 is 22.7 Å². The molecule has 4 rings (SSSR count). The standard InChI is InChI=1S/C23H25N3O5/c1-30-15-10-18-22(19(11-15)31-13-20(27)25-29)21-16(23(24)28)8-5-9-17(21)26(18)12-14-6-3-2-4-7-14/h2-4,6-7,10-11,16,29H,5,8-9,12-13H2,1H3,(H2,24,28)(H,25,27). The zero-order chi connectivity index (χ0) is 22.0. The minimum Gasteiger partial charge on any atom is -0.497 e. The van der Waals surface area contributed by atoms with Gasteiger partial charge in [-0.2, -0.15) is 0 Å². The first-order valence-electron chi connectivity index (χ1n) is 10.2. The molecule has 0 radical (unpaired) electrons. The van der Waals surface area contributed by atoms with Crippen molar-refractivity contribution in [2.24, 2.45) is 5.73 Å². The molecule has 8 heteroatoms. The number of hydrogen-bond acceptors (Lipinski definition) is 5. The number of aromatic nitrogens is 1. The summed E-state index contributed by atoms with van der Waals surface area (Å²) in [5.41, 5.74) is 11.2. The van der Waals surface area contributed by atoms with Crippen LogP contribution in [0.4, 0.5) is 0 Å². The highest BCUT2D eigenvalue weighted by Gasteiger charge is 2.33. The first-order chi connectivity index (χ1) is 15.0. The number of nitrogens with two attached hydrogens (primary N) is 1. The molecule has 162 valence electrons. The van der Waals surface area contributed by atoms with Gasteiger partial charge in [-0.25, -0.2) is 5.48 Å². The van der Waals surface area contributed by atoms with E-state index in [0.29, 0.717) is 24.5 Å². The molecule has 1 aromatic heterocycles. The van der Waals surface area contributed by atoms with E-state index in [1.165, 1.54) is 0 Å². The number of hydrogen-bond donors (Lipinski definition) is 3. The van der Waals surface area contributed by atoms with Gasteiger partial charge in [-0.3, -0.25) is 14.8 Å². The number of carbonyl (C=O) groups is 2. The first-order valence-corrected chi connectivity index (χ1v) is 10.2. The monoisotopic (exact) mass is 423 g/mol. The normalized spacial score (nSPS) is 15.4. The van der Waals surface area contributed by atoms with Crippen LogP contribution in [0.15, 0.2) is 42.5 Å². The first kappa shape index (κ1) is 20.7. The highest BCUT2D eigenvalue weighted by atomic mass is 16.5. The third kappa shape index (κ3) is 3.94. The molecule has 0 aliphatic heterocycles. The minimum atomic E-state index is -0.681. The number of nitrogens with one attached hydrogen (secondary N) is 1. The van der Waals surface area contributed by atoms with Gasteiger partial charge in [-0.05, 0) is 30.4 Å². The van der Waals surface area contributed by atoms with Gasteiger partial charge in [-0.1, -0.05) is 30.3 Å². The summed E-state index contributed by atoms with van der Waals surface area (Å²) in [6.45, 7) is 0.237. The molecule has 1 aliphatic rings. The molecule has 31 heavy (non-hydrogen) atoms. The Labute approximate surface area is 179 Å². The van der Waals surface area contributed by atoms with Crippen molar-refractivity contribution in [2.45, 2.75) is 31.7 Å². The lowest BCUT2D eigenvalue weighted by Crippen LogP contribution is -2.26. The van der Waals surface area contributed by atoms with Crippen molar-refractivity contribution in [1.82, 2.24) is 10.0 Å². The highest BCUT2D eigenvalue weighted by molar-refractivity contribution is 5.98. The van der Waals surface area contributed by atoms with Crippen molar-refractivity contribution < 1.29 is 24.3 Å².